The SMILES string of the molecule is CCCCCC[C@H]1C/[N+](=C/c2cccc3ccccc23)NC1=O. The third-order valence-electron chi connectivity index (χ3n) is 4.57. The van der Waals surface area contributed by atoms with Gasteiger partial charge in [0.1, 0.15) is 5.92 Å². The normalized spacial score (nSPS) is 19.4. The molecule has 1 amide bonds. The first-order valence-corrected chi connectivity index (χ1v) is 8.67. The van der Waals surface area contributed by atoms with Crippen molar-refractivity contribution in [3.63, 3.8) is 0 Å². The lowest BCUT2D eigenvalue weighted by molar-refractivity contribution is -0.556. The summed E-state index contributed by atoms with van der Waals surface area (Å²) in [7, 11) is 0. The zero-order valence-corrected chi connectivity index (χ0v) is 13.8. The van der Waals surface area contributed by atoms with Gasteiger partial charge in [-0.1, -0.05) is 69.0 Å². The van der Waals surface area contributed by atoms with Crippen LogP contribution in [0.4, 0.5) is 0 Å². The molecule has 3 nitrogen and oxygen atoms in total. The minimum absolute atomic E-state index is 0.123. The van der Waals surface area contributed by atoms with Crippen molar-refractivity contribution in [3.8, 4) is 0 Å². The Morgan fingerprint density at radius 3 is 2.83 bits per heavy atom. The van der Waals surface area contributed by atoms with Crippen LogP contribution in [0.3, 0.4) is 0 Å². The quantitative estimate of drug-likeness (QED) is 0.637. The van der Waals surface area contributed by atoms with Crippen molar-refractivity contribution in [1.82, 2.24) is 5.43 Å². The molecule has 1 N–H and O–H groups in total. The number of carbonyl (C=O) groups excluding carboxylic acids is 1. The Hall–Kier alpha value is -2.16. The van der Waals surface area contributed by atoms with E-state index >= 15 is 0 Å². The molecule has 0 unspecified atom stereocenters. The van der Waals surface area contributed by atoms with Gasteiger partial charge in [0.25, 0.3) is 5.91 Å². The molecule has 23 heavy (non-hydrogen) atoms. The Balaban J connectivity index is 1.72. The van der Waals surface area contributed by atoms with E-state index in [1.807, 2.05) is 4.68 Å². The Kier molecular flexibility index (Phi) is 5.06. The summed E-state index contributed by atoms with van der Waals surface area (Å²) in [6, 6.07) is 14.6. The van der Waals surface area contributed by atoms with E-state index in [2.05, 4.69) is 61.0 Å². The molecule has 1 atom stereocenters. The average molecular weight is 309 g/mol. The molecular weight excluding hydrogens is 284 g/mol. The first-order chi connectivity index (χ1) is 11.3. The fourth-order valence-electron chi connectivity index (χ4n) is 3.25. The Morgan fingerprint density at radius 2 is 1.96 bits per heavy atom. The summed E-state index contributed by atoms with van der Waals surface area (Å²) in [5.41, 5.74) is 4.15. The highest BCUT2D eigenvalue weighted by Crippen LogP contribution is 2.18. The first kappa shape index (κ1) is 15.7. The average Bonchev–Trinajstić information content (AvgIpc) is 2.91. The van der Waals surface area contributed by atoms with Crippen LogP contribution >= 0.6 is 0 Å². The standard InChI is InChI=1S/C20H24N2O/c1-2-3-4-5-10-18-15-22(21-20(18)23)14-17-12-8-11-16-9-6-7-13-19(16)17/h6-9,11-14,18H,2-5,10,15H2,1H3/p+1/b22-14-/t18-/m0/s1. The third kappa shape index (κ3) is 3.79. The molecule has 0 saturated carbocycles. The number of amides is 1. The number of nitrogens with one attached hydrogen (secondary N) is 1. The van der Waals surface area contributed by atoms with Crippen molar-refractivity contribution in [1.29, 1.82) is 0 Å². The maximum Gasteiger partial charge on any atom is 0.283 e. The van der Waals surface area contributed by atoms with E-state index in [0.29, 0.717) is 0 Å². The topological polar surface area (TPSA) is 32.1 Å². The van der Waals surface area contributed by atoms with Crippen molar-refractivity contribution >= 4 is 22.9 Å². The van der Waals surface area contributed by atoms with E-state index in [1.54, 1.807) is 0 Å². The maximum absolute atomic E-state index is 12.1. The molecular formula is C20H25N2O+. The van der Waals surface area contributed by atoms with Crippen molar-refractivity contribution in [2.45, 2.75) is 39.0 Å². The summed E-state index contributed by atoms with van der Waals surface area (Å²) in [6.45, 7) is 2.98. The monoisotopic (exact) mass is 309 g/mol. The molecule has 120 valence electrons. The molecule has 1 saturated heterocycles. The number of benzene rings is 2. The summed E-state index contributed by atoms with van der Waals surface area (Å²) < 4.78 is 1.95. The smallest absolute Gasteiger partial charge is 0.269 e. The maximum atomic E-state index is 12.1. The van der Waals surface area contributed by atoms with Crippen LogP contribution in [0, 0.1) is 5.92 Å². The van der Waals surface area contributed by atoms with Crippen LogP contribution in [0.15, 0.2) is 42.5 Å². The summed E-state index contributed by atoms with van der Waals surface area (Å²) >= 11 is 0. The molecule has 1 fully saturated rings. The van der Waals surface area contributed by atoms with Crippen molar-refractivity contribution in [3.05, 3.63) is 48.0 Å². The van der Waals surface area contributed by atoms with Gasteiger partial charge in [0.2, 0.25) is 6.21 Å². The number of hydrogen-bond acceptors (Lipinski definition) is 1. The second kappa shape index (κ2) is 7.40. The first-order valence-electron chi connectivity index (χ1n) is 8.67. The fourth-order valence-corrected chi connectivity index (χ4v) is 3.25. The summed E-state index contributed by atoms with van der Waals surface area (Å²) in [6.07, 6.45) is 7.93. The second-order valence-electron chi connectivity index (χ2n) is 6.37. The molecule has 2 aromatic carbocycles. The molecule has 0 spiro atoms. The van der Waals surface area contributed by atoms with Gasteiger partial charge in [-0.25, -0.2) is 0 Å². The van der Waals surface area contributed by atoms with Gasteiger partial charge < -0.3 is 0 Å². The summed E-state index contributed by atoms with van der Waals surface area (Å²) in [5, 5.41) is 2.44. The minimum atomic E-state index is 0.123. The van der Waals surface area contributed by atoms with Gasteiger partial charge in [-0.05, 0) is 23.3 Å². The van der Waals surface area contributed by atoms with Crippen LogP contribution in [0.25, 0.3) is 10.8 Å². The zero-order valence-electron chi connectivity index (χ0n) is 13.8. The van der Waals surface area contributed by atoms with Crippen LogP contribution in [0.5, 0.6) is 0 Å². The Morgan fingerprint density at radius 1 is 1.13 bits per heavy atom. The molecule has 3 rings (SSSR count). The van der Waals surface area contributed by atoms with Crippen molar-refractivity contribution < 1.29 is 9.48 Å². The summed E-state index contributed by atoms with van der Waals surface area (Å²) in [5.74, 6) is 0.288. The number of rotatable bonds is 6. The zero-order chi connectivity index (χ0) is 16.1. The molecule has 1 heterocycles. The number of carbonyl (C=O) groups is 1. The molecule has 1 aliphatic heterocycles. The summed E-state index contributed by atoms with van der Waals surface area (Å²) in [4.78, 5) is 12.1. The lowest BCUT2D eigenvalue weighted by atomic mass is 10.0. The van der Waals surface area contributed by atoms with E-state index in [-0.39, 0.29) is 11.8 Å². The van der Waals surface area contributed by atoms with Crippen LogP contribution in [0.1, 0.15) is 44.6 Å². The van der Waals surface area contributed by atoms with Crippen LogP contribution in [0.2, 0.25) is 0 Å². The second-order valence-corrected chi connectivity index (χ2v) is 6.37. The van der Waals surface area contributed by atoms with E-state index in [9.17, 15) is 4.79 Å². The van der Waals surface area contributed by atoms with Gasteiger partial charge in [-0.2, -0.15) is 0 Å². The van der Waals surface area contributed by atoms with Gasteiger partial charge in [0.15, 0.2) is 6.54 Å². The highest BCUT2D eigenvalue weighted by molar-refractivity contribution is 5.98. The molecule has 0 aromatic heterocycles. The van der Waals surface area contributed by atoms with Crippen LogP contribution < -0.4 is 5.43 Å². The molecule has 0 radical (unpaired) electrons. The van der Waals surface area contributed by atoms with E-state index < -0.39 is 0 Å². The number of nitrogens with zero attached hydrogens (tertiary/aromatic N) is 1. The Labute approximate surface area is 138 Å². The highest BCUT2D eigenvalue weighted by Gasteiger charge is 2.33. The van der Waals surface area contributed by atoms with Crippen LogP contribution in [-0.4, -0.2) is 23.4 Å². The van der Waals surface area contributed by atoms with Crippen LogP contribution in [-0.2, 0) is 4.79 Å². The van der Waals surface area contributed by atoms with Gasteiger partial charge in [0, 0.05) is 5.56 Å². The largest absolute Gasteiger partial charge is 0.283 e. The van der Waals surface area contributed by atoms with Crippen molar-refractivity contribution in [2.75, 3.05) is 6.54 Å². The van der Waals surface area contributed by atoms with Crippen molar-refractivity contribution in [2.24, 2.45) is 5.92 Å². The number of hydrazone groups is 1. The number of hydrazine groups is 1. The fraction of sp³-hybridized carbons (Fsp3) is 0.400. The van der Waals surface area contributed by atoms with E-state index in [0.717, 1.165) is 24.9 Å². The number of unbranched alkanes of at least 4 members (excludes halogenated alkanes) is 3. The van der Waals surface area contributed by atoms with Gasteiger partial charge in [-0.15, -0.1) is 10.1 Å². The van der Waals surface area contributed by atoms with E-state index in [1.165, 1.54) is 30.0 Å². The lowest BCUT2D eigenvalue weighted by Crippen LogP contribution is -2.25. The lowest BCUT2D eigenvalue weighted by Gasteiger charge is -2.01. The molecule has 0 aliphatic carbocycles. The minimum Gasteiger partial charge on any atom is -0.269 e. The molecule has 3 heteroatoms. The van der Waals surface area contributed by atoms with E-state index in [4.69, 9.17) is 0 Å². The number of fused-ring (bicyclic) bond motifs is 1. The van der Waals surface area contributed by atoms with Gasteiger partial charge in [0.05, 0.1) is 0 Å². The third-order valence-corrected chi connectivity index (χ3v) is 4.57. The predicted octanol–water partition coefficient (Wildman–Crippen LogP) is 3.90. The highest BCUT2D eigenvalue weighted by atomic mass is 16.2. The molecule has 2 aromatic rings. The van der Waals surface area contributed by atoms with Gasteiger partial charge >= 0.3 is 0 Å². The Bertz CT molecular complexity index is 715. The molecule has 0 bridgehead atoms. The predicted molar refractivity (Wildman–Crippen MR) is 94.6 cm³/mol. The van der Waals surface area contributed by atoms with Gasteiger partial charge in [-0.3, -0.25) is 4.79 Å². The molecule has 1 aliphatic rings. The number of hydrogen-bond donors (Lipinski definition) is 1.